The van der Waals surface area contributed by atoms with Crippen molar-refractivity contribution in [3.05, 3.63) is 29.8 Å². The summed E-state index contributed by atoms with van der Waals surface area (Å²) < 4.78 is 3.60. The zero-order chi connectivity index (χ0) is 15.1. The number of carbonyl (C=O) groups is 1. The van der Waals surface area contributed by atoms with Crippen LogP contribution in [0.3, 0.4) is 0 Å². The number of rotatable bonds is 8. The van der Waals surface area contributed by atoms with Crippen molar-refractivity contribution in [1.29, 1.82) is 0 Å². The van der Waals surface area contributed by atoms with E-state index in [0.29, 0.717) is 12.1 Å². The van der Waals surface area contributed by atoms with Gasteiger partial charge in [0.15, 0.2) is 0 Å². The third-order valence-electron chi connectivity index (χ3n) is 3.25. The molecule has 0 bridgehead atoms. The lowest BCUT2D eigenvalue weighted by atomic mass is 10.2. The topological polar surface area (TPSA) is 77.6 Å². The molecule has 2 heterocycles. The van der Waals surface area contributed by atoms with Crippen molar-refractivity contribution in [2.75, 3.05) is 6.54 Å². The quantitative estimate of drug-likeness (QED) is 0.746. The maximum Gasteiger partial charge on any atom is 0.254 e. The normalized spacial score (nSPS) is 10.8. The molecule has 0 aliphatic heterocycles. The first-order chi connectivity index (χ1) is 10.2. The molecule has 7 heteroatoms. The zero-order valence-corrected chi connectivity index (χ0v) is 12.6. The van der Waals surface area contributed by atoms with Gasteiger partial charge in [0.25, 0.3) is 5.91 Å². The van der Waals surface area contributed by atoms with Crippen LogP contribution in [-0.2, 0) is 13.1 Å². The molecule has 0 aromatic carbocycles. The van der Waals surface area contributed by atoms with Crippen LogP contribution in [-0.4, -0.2) is 37.2 Å². The Kier molecular flexibility index (Phi) is 5.48. The molecule has 1 N–H and O–H groups in total. The van der Waals surface area contributed by atoms with Crippen molar-refractivity contribution in [2.24, 2.45) is 0 Å². The lowest BCUT2D eigenvalue weighted by Gasteiger charge is -2.04. The molecule has 0 unspecified atom stereocenters. The van der Waals surface area contributed by atoms with Gasteiger partial charge in [0, 0.05) is 32.0 Å². The Bertz CT molecular complexity index is 560. The fraction of sp³-hybridized carbons (Fsp3) is 0.571. The van der Waals surface area contributed by atoms with Gasteiger partial charge in [0.1, 0.15) is 0 Å². The number of amides is 1. The molecule has 0 aliphatic carbocycles. The lowest BCUT2D eigenvalue weighted by Crippen LogP contribution is -2.25. The van der Waals surface area contributed by atoms with Crippen LogP contribution >= 0.6 is 0 Å². The van der Waals surface area contributed by atoms with Crippen LogP contribution in [0.15, 0.2) is 18.6 Å². The van der Waals surface area contributed by atoms with E-state index in [9.17, 15) is 4.79 Å². The van der Waals surface area contributed by atoms with Crippen molar-refractivity contribution in [1.82, 2.24) is 30.1 Å². The molecule has 2 aromatic heterocycles. The second kappa shape index (κ2) is 7.56. The lowest BCUT2D eigenvalue weighted by molar-refractivity contribution is 0.0952. The minimum atomic E-state index is -0.0613. The smallest absolute Gasteiger partial charge is 0.254 e. The van der Waals surface area contributed by atoms with Crippen molar-refractivity contribution >= 4 is 5.91 Å². The van der Waals surface area contributed by atoms with Gasteiger partial charge in [0.05, 0.1) is 17.5 Å². The molecular weight excluding hydrogens is 268 g/mol. The standard InChI is InChI=1S/C14H22N6O/c1-3-4-8-20-11-13(12(2)17-20)14(21)15-6-5-9-19-10-7-16-18-19/h7,10-11H,3-6,8-9H2,1-2H3,(H,15,21). The SMILES string of the molecule is CCCCn1cc(C(=O)NCCCn2ccnn2)c(C)n1. The predicted octanol–water partition coefficient (Wildman–Crippen LogP) is 1.40. The Balaban J connectivity index is 1.78. The highest BCUT2D eigenvalue weighted by Gasteiger charge is 2.12. The van der Waals surface area contributed by atoms with E-state index in [0.717, 1.165) is 38.0 Å². The molecule has 0 spiro atoms. The van der Waals surface area contributed by atoms with Gasteiger partial charge >= 0.3 is 0 Å². The van der Waals surface area contributed by atoms with Gasteiger partial charge in [-0.05, 0) is 19.8 Å². The molecule has 0 radical (unpaired) electrons. The fourth-order valence-corrected chi connectivity index (χ4v) is 2.07. The van der Waals surface area contributed by atoms with E-state index in [1.165, 1.54) is 0 Å². The largest absolute Gasteiger partial charge is 0.352 e. The monoisotopic (exact) mass is 290 g/mol. The molecule has 1 amide bonds. The molecule has 0 atom stereocenters. The summed E-state index contributed by atoms with van der Waals surface area (Å²) in [5.41, 5.74) is 1.44. The van der Waals surface area contributed by atoms with Gasteiger partial charge in [-0.25, -0.2) is 0 Å². The first-order valence-electron chi connectivity index (χ1n) is 7.37. The predicted molar refractivity (Wildman–Crippen MR) is 78.8 cm³/mol. The van der Waals surface area contributed by atoms with Crippen LogP contribution in [0, 0.1) is 6.92 Å². The molecule has 7 nitrogen and oxygen atoms in total. The molecule has 0 saturated carbocycles. The number of aryl methyl sites for hydroxylation is 3. The Morgan fingerprint density at radius 1 is 1.29 bits per heavy atom. The number of hydrogen-bond acceptors (Lipinski definition) is 4. The van der Waals surface area contributed by atoms with Crippen LogP contribution in [0.5, 0.6) is 0 Å². The number of aromatic nitrogens is 5. The average Bonchev–Trinajstić information content (AvgIpc) is 3.10. The second-order valence-corrected chi connectivity index (χ2v) is 5.02. The number of unbranched alkanes of at least 4 members (excludes halogenated alkanes) is 1. The summed E-state index contributed by atoms with van der Waals surface area (Å²) in [6.45, 7) is 6.22. The molecule has 2 rings (SSSR count). The van der Waals surface area contributed by atoms with Crippen LogP contribution in [0.4, 0.5) is 0 Å². The Morgan fingerprint density at radius 2 is 2.10 bits per heavy atom. The van der Waals surface area contributed by atoms with Gasteiger partial charge < -0.3 is 5.32 Å². The zero-order valence-electron chi connectivity index (χ0n) is 12.6. The molecule has 114 valence electrons. The fourth-order valence-electron chi connectivity index (χ4n) is 2.07. The van der Waals surface area contributed by atoms with E-state index in [2.05, 4.69) is 27.7 Å². The van der Waals surface area contributed by atoms with Crippen molar-refractivity contribution in [3.8, 4) is 0 Å². The maximum atomic E-state index is 12.1. The van der Waals surface area contributed by atoms with Gasteiger partial charge in [-0.2, -0.15) is 5.10 Å². The average molecular weight is 290 g/mol. The summed E-state index contributed by atoms with van der Waals surface area (Å²) in [7, 11) is 0. The van der Waals surface area contributed by atoms with E-state index in [1.807, 2.05) is 24.0 Å². The number of nitrogens with one attached hydrogen (secondary N) is 1. The van der Waals surface area contributed by atoms with Gasteiger partial charge in [-0.1, -0.05) is 18.6 Å². The summed E-state index contributed by atoms with van der Waals surface area (Å²) in [4.78, 5) is 12.1. The highest BCUT2D eigenvalue weighted by molar-refractivity contribution is 5.94. The van der Waals surface area contributed by atoms with Crippen LogP contribution in [0.25, 0.3) is 0 Å². The van der Waals surface area contributed by atoms with E-state index in [4.69, 9.17) is 0 Å². The highest BCUT2D eigenvalue weighted by Crippen LogP contribution is 2.06. The Morgan fingerprint density at radius 3 is 2.81 bits per heavy atom. The van der Waals surface area contributed by atoms with Gasteiger partial charge in [-0.15, -0.1) is 5.10 Å². The van der Waals surface area contributed by atoms with Crippen molar-refractivity contribution in [3.63, 3.8) is 0 Å². The van der Waals surface area contributed by atoms with Gasteiger partial charge in [-0.3, -0.25) is 14.2 Å². The summed E-state index contributed by atoms with van der Waals surface area (Å²) in [5.74, 6) is -0.0613. The Hall–Kier alpha value is -2.18. The van der Waals surface area contributed by atoms with Crippen LogP contribution in [0.1, 0.15) is 42.2 Å². The maximum absolute atomic E-state index is 12.1. The van der Waals surface area contributed by atoms with Crippen molar-refractivity contribution in [2.45, 2.75) is 46.2 Å². The Labute approximate surface area is 124 Å². The summed E-state index contributed by atoms with van der Waals surface area (Å²) in [5, 5.41) is 14.9. The molecular formula is C14H22N6O. The molecule has 0 aliphatic rings. The third kappa shape index (κ3) is 4.40. The minimum Gasteiger partial charge on any atom is -0.352 e. The van der Waals surface area contributed by atoms with Crippen LogP contribution in [0.2, 0.25) is 0 Å². The second-order valence-electron chi connectivity index (χ2n) is 5.02. The minimum absolute atomic E-state index is 0.0613. The third-order valence-corrected chi connectivity index (χ3v) is 3.25. The number of nitrogens with zero attached hydrogens (tertiary/aromatic N) is 5. The van der Waals surface area contributed by atoms with Crippen LogP contribution < -0.4 is 5.32 Å². The summed E-state index contributed by atoms with van der Waals surface area (Å²) in [6, 6.07) is 0. The van der Waals surface area contributed by atoms with E-state index < -0.39 is 0 Å². The van der Waals surface area contributed by atoms with E-state index >= 15 is 0 Å². The molecule has 0 fully saturated rings. The van der Waals surface area contributed by atoms with Crippen molar-refractivity contribution < 1.29 is 4.79 Å². The van der Waals surface area contributed by atoms with E-state index in [-0.39, 0.29) is 5.91 Å². The van der Waals surface area contributed by atoms with Gasteiger partial charge in [0.2, 0.25) is 0 Å². The number of hydrogen-bond donors (Lipinski definition) is 1. The van der Waals surface area contributed by atoms with E-state index in [1.54, 1.807) is 10.9 Å². The summed E-state index contributed by atoms with van der Waals surface area (Å²) in [6.07, 6.45) is 8.29. The molecule has 2 aromatic rings. The number of carbonyl (C=O) groups excluding carboxylic acids is 1. The molecule has 21 heavy (non-hydrogen) atoms. The first kappa shape index (κ1) is 15.2. The molecule has 0 saturated heterocycles. The first-order valence-corrected chi connectivity index (χ1v) is 7.37. The highest BCUT2D eigenvalue weighted by atomic mass is 16.1. The summed E-state index contributed by atoms with van der Waals surface area (Å²) >= 11 is 0.